The van der Waals surface area contributed by atoms with E-state index in [9.17, 15) is 14.7 Å². The lowest BCUT2D eigenvalue weighted by Crippen LogP contribution is -2.28. The van der Waals surface area contributed by atoms with Crippen molar-refractivity contribution in [1.29, 1.82) is 0 Å². The van der Waals surface area contributed by atoms with Crippen LogP contribution >= 0.6 is 0 Å². The van der Waals surface area contributed by atoms with Gasteiger partial charge in [-0.15, -0.1) is 11.8 Å². The van der Waals surface area contributed by atoms with Gasteiger partial charge < -0.3 is 14.6 Å². The Kier molecular flexibility index (Phi) is 6.44. The maximum Gasteiger partial charge on any atom is 0.338 e. The summed E-state index contributed by atoms with van der Waals surface area (Å²) < 4.78 is 11.2. The SMILES string of the molecule is CC#CCC(C)(C)[C@H](O)/C=C/[C@@H]1[C@H]2CC(=O)O[C@H]2C[C@H]1OC(=O)c1ccccc1. The normalized spacial score (nSPS) is 27.1. The Balaban J connectivity index is 1.75. The fraction of sp³-hybridized carbons (Fsp3) is 0.500. The number of fused-ring (bicyclic) bond motifs is 1. The maximum absolute atomic E-state index is 12.5. The van der Waals surface area contributed by atoms with E-state index in [4.69, 9.17) is 9.47 Å². The molecule has 0 aromatic heterocycles. The molecule has 0 spiro atoms. The maximum atomic E-state index is 12.5. The summed E-state index contributed by atoms with van der Waals surface area (Å²) in [5, 5.41) is 10.6. The summed E-state index contributed by atoms with van der Waals surface area (Å²) in [6.45, 7) is 5.69. The summed E-state index contributed by atoms with van der Waals surface area (Å²) in [5.41, 5.74) is 0.0824. The van der Waals surface area contributed by atoms with Crippen LogP contribution in [0.1, 0.15) is 50.4 Å². The van der Waals surface area contributed by atoms with Crippen LogP contribution in [0.5, 0.6) is 0 Å². The summed E-state index contributed by atoms with van der Waals surface area (Å²) in [6.07, 6.45) is 3.64. The van der Waals surface area contributed by atoms with Gasteiger partial charge >= 0.3 is 11.9 Å². The summed E-state index contributed by atoms with van der Waals surface area (Å²) in [4.78, 5) is 24.3. The minimum atomic E-state index is -0.703. The first-order chi connectivity index (χ1) is 13.8. The molecule has 2 fully saturated rings. The van der Waals surface area contributed by atoms with E-state index in [-0.39, 0.29) is 29.9 Å². The van der Waals surface area contributed by atoms with Crippen molar-refractivity contribution in [3.05, 3.63) is 48.0 Å². The topological polar surface area (TPSA) is 72.8 Å². The molecule has 1 aliphatic heterocycles. The predicted octanol–water partition coefficient (Wildman–Crippen LogP) is 3.52. The number of aliphatic hydroxyl groups is 1. The first-order valence-electron chi connectivity index (χ1n) is 10.0. The zero-order valence-corrected chi connectivity index (χ0v) is 17.1. The van der Waals surface area contributed by atoms with Crippen LogP contribution in [0.2, 0.25) is 0 Å². The number of hydrogen-bond acceptors (Lipinski definition) is 5. The number of carbonyl (C=O) groups is 2. The van der Waals surface area contributed by atoms with E-state index in [1.807, 2.05) is 26.0 Å². The molecule has 0 bridgehead atoms. The van der Waals surface area contributed by atoms with E-state index >= 15 is 0 Å². The van der Waals surface area contributed by atoms with Gasteiger partial charge in [0.25, 0.3) is 0 Å². The molecule has 5 nitrogen and oxygen atoms in total. The van der Waals surface area contributed by atoms with E-state index in [0.29, 0.717) is 24.8 Å². The molecule has 2 aliphatic rings. The molecule has 1 saturated heterocycles. The van der Waals surface area contributed by atoms with Gasteiger partial charge in [0.05, 0.1) is 18.1 Å². The van der Waals surface area contributed by atoms with E-state index in [2.05, 4.69) is 11.8 Å². The average molecular weight is 396 g/mol. The lowest BCUT2D eigenvalue weighted by Gasteiger charge is -2.27. The van der Waals surface area contributed by atoms with Crippen molar-refractivity contribution in [2.75, 3.05) is 0 Å². The molecule has 0 radical (unpaired) electrons. The van der Waals surface area contributed by atoms with Crippen molar-refractivity contribution in [1.82, 2.24) is 0 Å². The largest absolute Gasteiger partial charge is 0.462 e. The second-order valence-electron chi connectivity index (χ2n) is 8.44. The molecule has 3 rings (SSSR count). The molecule has 0 amide bonds. The number of benzene rings is 1. The van der Waals surface area contributed by atoms with Crippen LogP contribution in [-0.2, 0) is 14.3 Å². The lowest BCUT2D eigenvalue weighted by molar-refractivity contribution is -0.141. The van der Waals surface area contributed by atoms with Gasteiger partial charge in [0.15, 0.2) is 0 Å². The Morgan fingerprint density at radius 2 is 2.10 bits per heavy atom. The molecule has 5 atom stereocenters. The van der Waals surface area contributed by atoms with E-state index in [1.54, 1.807) is 37.3 Å². The third kappa shape index (κ3) is 4.89. The molecule has 1 heterocycles. The van der Waals surface area contributed by atoms with Crippen molar-refractivity contribution in [2.45, 2.75) is 58.3 Å². The average Bonchev–Trinajstić information content (AvgIpc) is 3.20. The van der Waals surface area contributed by atoms with E-state index < -0.39 is 17.6 Å². The predicted molar refractivity (Wildman–Crippen MR) is 109 cm³/mol. The van der Waals surface area contributed by atoms with Gasteiger partial charge in [-0.3, -0.25) is 4.79 Å². The van der Waals surface area contributed by atoms with Crippen LogP contribution in [0, 0.1) is 29.1 Å². The number of aliphatic hydroxyl groups excluding tert-OH is 1. The summed E-state index contributed by atoms with van der Waals surface area (Å²) in [5.74, 6) is 5.04. The van der Waals surface area contributed by atoms with Gasteiger partial charge in [0, 0.05) is 30.1 Å². The van der Waals surface area contributed by atoms with E-state index in [0.717, 1.165) is 0 Å². The van der Waals surface area contributed by atoms with Crippen LogP contribution in [0.15, 0.2) is 42.5 Å². The fourth-order valence-electron chi connectivity index (χ4n) is 3.98. The summed E-state index contributed by atoms with van der Waals surface area (Å²) >= 11 is 0. The number of rotatable bonds is 6. The smallest absolute Gasteiger partial charge is 0.338 e. The third-order valence-electron chi connectivity index (χ3n) is 5.86. The standard InChI is InChI=1S/C24H28O5/c1-4-5-13-24(2,3)21(25)12-11-17-18-14-22(26)28-20(18)15-19(17)29-23(27)16-9-7-6-8-10-16/h6-12,17-21,25H,13-15H2,1-3H3/b12-11+/t17-,18-,19-,20+,21-/m1/s1. The van der Waals surface area contributed by atoms with Crippen molar-refractivity contribution in [3.63, 3.8) is 0 Å². The van der Waals surface area contributed by atoms with Crippen LogP contribution in [0.25, 0.3) is 0 Å². The Labute approximate surface area is 172 Å². The molecule has 5 heteroatoms. The molecule has 29 heavy (non-hydrogen) atoms. The van der Waals surface area contributed by atoms with Crippen molar-refractivity contribution in [3.8, 4) is 11.8 Å². The zero-order chi connectivity index (χ0) is 21.0. The molecule has 154 valence electrons. The molecule has 1 aromatic carbocycles. The molecule has 0 unspecified atom stereocenters. The Bertz CT molecular complexity index is 830. The lowest BCUT2D eigenvalue weighted by atomic mass is 9.82. The third-order valence-corrected chi connectivity index (χ3v) is 5.86. The molecular weight excluding hydrogens is 368 g/mol. The number of carbonyl (C=O) groups excluding carboxylic acids is 2. The molecule has 1 N–H and O–H groups in total. The minimum absolute atomic E-state index is 0.0435. The highest BCUT2D eigenvalue weighted by Crippen LogP contribution is 2.44. The Morgan fingerprint density at radius 1 is 1.38 bits per heavy atom. The molecule has 1 aromatic rings. The fourth-order valence-corrected chi connectivity index (χ4v) is 3.98. The van der Waals surface area contributed by atoms with Crippen LogP contribution < -0.4 is 0 Å². The first kappa shape index (κ1) is 21.1. The molecule has 1 saturated carbocycles. The van der Waals surface area contributed by atoms with Gasteiger partial charge in [-0.2, -0.15) is 0 Å². The number of ether oxygens (including phenoxy) is 2. The first-order valence-corrected chi connectivity index (χ1v) is 10.0. The minimum Gasteiger partial charge on any atom is -0.462 e. The van der Waals surface area contributed by atoms with Gasteiger partial charge in [0.1, 0.15) is 12.2 Å². The number of hydrogen-bond donors (Lipinski definition) is 1. The monoisotopic (exact) mass is 396 g/mol. The highest BCUT2D eigenvalue weighted by Gasteiger charge is 2.50. The van der Waals surface area contributed by atoms with Crippen LogP contribution in [-0.4, -0.2) is 35.4 Å². The van der Waals surface area contributed by atoms with E-state index in [1.165, 1.54) is 0 Å². The highest BCUT2D eigenvalue weighted by atomic mass is 16.6. The highest BCUT2D eigenvalue weighted by molar-refractivity contribution is 5.89. The zero-order valence-electron chi connectivity index (χ0n) is 17.1. The summed E-state index contributed by atoms with van der Waals surface area (Å²) in [6, 6.07) is 8.84. The Morgan fingerprint density at radius 3 is 2.79 bits per heavy atom. The van der Waals surface area contributed by atoms with Crippen LogP contribution in [0.3, 0.4) is 0 Å². The second kappa shape index (κ2) is 8.84. The second-order valence-corrected chi connectivity index (χ2v) is 8.44. The summed E-state index contributed by atoms with van der Waals surface area (Å²) in [7, 11) is 0. The van der Waals surface area contributed by atoms with Crippen molar-refractivity contribution in [2.24, 2.45) is 17.3 Å². The van der Waals surface area contributed by atoms with Crippen molar-refractivity contribution >= 4 is 11.9 Å². The van der Waals surface area contributed by atoms with Gasteiger partial charge in [-0.1, -0.05) is 44.2 Å². The Hall–Kier alpha value is -2.58. The number of esters is 2. The van der Waals surface area contributed by atoms with Crippen molar-refractivity contribution < 1.29 is 24.2 Å². The van der Waals surface area contributed by atoms with Crippen LogP contribution in [0.4, 0.5) is 0 Å². The molecule has 1 aliphatic carbocycles. The van der Waals surface area contributed by atoms with Gasteiger partial charge in [-0.05, 0) is 19.1 Å². The van der Waals surface area contributed by atoms with Gasteiger partial charge in [-0.25, -0.2) is 4.79 Å². The molecular formula is C24H28O5. The van der Waals surface area contributed by atoms with Gasteiger partial charge in [0.2, 0.25) is 0 Å². The quantitative estimate of drug-likeness (QED) is 0.452.